The second-order valence-electron chi connectivity index (χ2n) is 5.01. The highest BCUT2D eigenvalue weighted by Crippen LogP contribution is 2.26. The molecule has 26 heavy (non-hydrogen) atoms. The Morgan fingerprint density at radius 2 is 1.73 bits per heavy atom. The second-order valence-corrected chi connectivity index (χ2v) is 7.21. The molecule has 0 aliphatic carbocycles. The number of carbonyl (C=O) groups is 2. The molecule has 2 amide bonds. The highest BCUT2D eigenvalue weighted by molar-refractivity contribution is 8.01. The Hall–Kier alpha value is -2.78. The normalized spacial score (nSPS) is 10.3. The fourth-order valence-corrected chi connectivity index (χ4v) is 3.52. The summed E-state index contributed by atoms with van der Waals surface area (Å²) in [6.45, 7) is 0. The van der Waals surface area contributed by atoms with E-state index in [0.29, 0.717) is 10.0 Å². The van der Waals surface area contributed by atoms with Gasteiger partial charge < -0.3 is 5.32 Å². The number of nitrogens with zero attached hydrogens (tertiary/aromatic N) is 2. The van der Waals surface area contributed by atoms with Gasteiger partial charge in [-0.3, -0.25) is 14.9 Å². The second kappa shape index (κ2) is 8.54. The summed E-state index contributed by atoms with van der Waals surface area (Å²) in [6, 6.07) is 14.8. The Balaban J connectivity index is 1.52. The molecule has 0 aliphatic heterocycles. The van der Waals surface area contributed by atoms with Crippen LogP contribution in [0.5, 0.6) is 0 Å². The maximum atomic E-state index is 13.6. The zero-order valence-corrected chi connectivity index (χ0v) is 14.9. The van der Waals surface area contributed by atoms with Crippen molar-refractivity contribution in [3.8, 4) is 0 Å². The summed E-state index contributed by atoms with van der Waals surface area (Å²) < 4.78 is 14.1. The third-order valence-corrected chi connectivity index (χ3v) is 5.10. The molecule has 0 saturated heterocycles. The summed E-state index contributed by atoms with van der Waals surface area (Å²) in [7, 11) is 0. The molecule has 1 heterocycles. The lowest BCUT2D eigenvalue weighted by molar-refractivity contribution is -0.113. The molecule has 0 radical (unpaired) electrons. The van der Waals surface area contributed by atoms with Crippen LogP contribution in [0.1, 0.15) is 10.4 Å². The first-order chi connectivity index (χ1) is 12.6. The van der Waals surface area contributed by atoms with Gasteiger partial charge in [-0.15, -0.1) is 10.2 Å². The van der Waals surface area contributed by atoms with E-state index in [-0.39, 0.29) is 22.4 Å². The van der Waals surface area contributed by atoms with Crippen LogP contribution < -0.4 is 10.6 Å². The number of rotatable bonds is 6. The fourth-order valence-electron chi connectivity index (χ4n) is 1.97. The SMILES string of the molecule is O=C(CSc1nnc(NC(=O)c2ccccc2F)s1)Nc1ccccc1. The quantitative estimate of drug-likeness (QED) is 0.497. The minimum atomic E-state index is -0.610. The van der Waals surface area contributed by atoms with Crippen LogP contribution in [0.4, 0.5) is 15.2 Å². The van der Waals surface area contributed by atoms with Crippen LogP contribution in [-0.4, -0.2) is 27.8 Å². The Bertz CT molecular complexity index is 918. The molecule has 0 aliphatic rings. The maximum absolute atomic E-state index is 13.6. The molecular weight excluding hydrogens is 375 g/mol. The van der Waals surface area contributed by atoms with Crippen LogP contribution in [0.2, 0.25) is 0 Å². The number of carbonyl (C=O) groups excluding carboxylic acids is 2. The molecule has 0 fully saturated rings. The van der Waals surface area contributed by atoms with Gasteiger partial charge in [0.05, 0.1) is 11.3 Å². The van der Waals surface area contributed by atoms with E-state index in [2.05, 4.69) is 20.8 Å². The lowest BCUT2D eigenvalue weighted by Crippen LogP contribution is -2.13. The number of hydrogen-bond donors (Lipinski definition) is 2. The molecular formula is C17H13FN4O2S2. The number of anilines is 2. The van der Waals surface area contributed by atoms with E-state index in [1.165, 1.54) is 30.0 Å². The predicted octanol–water partition coefficient (Wildman–Crippen LogP) is 3.66. The van der Waals surface area contributed by atoms with E-state index in [1.54, 1.807) is 18.2 Å². The first-order valence-corrected chi connectivity index (χ1v) is 9.29. The number of aromatic nitrogens is 2. The first-order valence-electron chi connectivity index (χ1n) is 7.49. The van der Waals surface area contributed by atoms with Crippen molar-refractivity contribution in [2.45, 2.75) is 4.34 Å². The van der Waals surface area contributed by atoms with E-state index in [1.807, 2.05) is 18.2 Å². The largest absolute Gasteiger partial charge is 0.325 e. The van der Waals surface area contributed by atoms with E-state index in [0.717, 1.165) is 11.3 Å². The molecule has 0 unspecified atom stereocenters. The molecule has 6 nitrogen and oxygen atoms in total. The number of amides is 2. The minimum absolute atomic E-state index is 0.0702. The zero-order chi connectivity index (χ0) is 18.4. The fraction of sp³-hybridized carbons (Fsp3) is 0.0588. The van der Waals surface area contributed by atoms with Crippen molar-refractivity contribution in [3.05, 3.63) is 66.0 Å². The van der Waals surface area contributed by atoms with Gasteiger partial charge in [-0.2, -0.15) is 0 Å². The van der Waals surface area contributed by atoms with Crippen LogP contribution in [0, 0.1) is 5.82 Å². The molecule has 2 aromatic carbocycles. The molecule has 2 N–H and O–H groups in total. The Kier molecular flexibility index (Phi) is 5.92. The molecule has 1 aromatic heterocycles. The highest BCUT2D eigenvalue weighted by Gasteiger charge is 2.14. The summed E-state index contributed by atoms with van der Waals surface area (Å²) in [4.78, 5) is 23.9. The number of para-hydroxylation sites is 1. The van der Waals surface area contributed by atoms with Gasteiger partial charge >= 0.3 is 0 Å². The third kappa shape index (κ3) is 4.87. The van der Waals surface area contributed by atoms with E-state index < -0.39 is 11.7 Å². The van der Waals surface area contributed by atoms with Gasteiger partial charge in [-0.05, 0) is 24.3 Å². The lowest BCUT2D eigenvalue weighted by Gasteiger charge is -2.03. The molecule has 132 valence electrons. The number of thioether (sulfide) groups is 1. The topological polar surface area (TPSA) is 84.0 Å². The predicted molar refractivity (Wildman–Crippen MR) is 100 cm³/mol. The Labute approximate surface area is 156 Å². The van der Waals surface area contributed by atoms with Gasteiger partial charge in [-0.25, -0.2) is 4.39 Å². The smallest absolute Gasteiger partial charge is 0.260 e. The molecule has 9 heteroatoms. The Morgan fingerprint density at radius 3 is 2.50 bits per heavy atom. The van der Waals surface area contributed by atoms with Gasteiger partial charge in [0.2, 0.25) is 11.0 Å². The zero-order valence-electron chi connectivity index (χ0n) is 13.3. The summed E-state index contributed by atoms with van der Waals surface area (Å²) in [5.41, 5.74) is 0.646. The molecule has 3 rings (SSSR count). The summed E-state index contributed by atoms with van der Waals surface area (Å²) >= 11 is 2.32. The monoisotopic (exact) mass is 388 g/mol. The van der Waals surface area contributed by atoms with Crippen LogP contribution in [0.25, 0.3) is 0 Å². The van der Waals surface area contributed by atoms with Crippen molar-refractivity contribution >= 4 is 45.7 Å². The van der Waals surface area contributed by atoms with Gasteiger partial charge in [-0.1, -0.05) is 53.4 Å². The van der Waals surface area contributed by atoms with Crippen molar-refractivity contribution in [1.29, 1.82) is 0 Å². The maximum Gasteiger partial charge on any atom is 0.260 e. The van der Waals surface area contributed by atoms with Crippen molar-refractivity contribution in [3.63, 3.8) is 0 Å². The number of hydrogen-bond acceptors (Lipinski definition) is 6. The van der Waals surface area contributed by atoms with Crippen molar-refractivity contribution in [2.75, 3.05) is 16.4 Å². The van der Waals surface area contributed by atoms with Gasteiger partial charge in [0.15, 0.2) is 4.34 Å². The first kappa shape index (κ1) is 18.0. The van der Waals surface area contributed by atoms with E-state index in [9.17, 15) is 14.0 Å². The van der Waals surface area contributed by atoms with Crippen LogP contribution in [-0.2, 0) is 4.79 Å². The summed E-state index contributed by atoms with van der Waals surface area (Å²) in [5.74, 6) is -1.22. The standard InChI is InChI=1S/C17H13FN4O2S2/c18-13-9-5-4-8-12(13)15(24)20-16-21-22-17(26-16)25-10-14(23)19-11-6-2-1-3-7-11/h1-9H,10H2,(H,19,23)(H,20,21,24). The van der Waals surface area contributed by atoms with Crippen LogP contribution in [0.3, 0.4) is 0 Å². The van der Waals surface area contributed by atoms with Crippen molar-refractivity contribution in [2.24, 2.45) is 0 Å². The highest BCUT2D eigenvalue weighted by atomic mass is 32.2. The third-order valence-electron chi connectivity index (χ3n) is 3.13. The molecule has 3 aromatic rings. The lowest BCUT2D eigenvalue weighted by atomic mass is 10.2. The van der Waals surface area contributed by atoms with Gasteiger partial charge in [0.1, 0.15) is 5.82 Å². The molecule has 0 bridgehead atoms. The average Bonchev–Trinajstić information content (AvgIpc) is 3.08. The number of halogens is 1. The van der Waals surface area contributed by atoms with Crippen LogP contribution >= 0.6 is 23.1 Å². The van der Waals surface area contributed by atoms with E-state index >= 15 is 0 Å². The van der Waals surface area contributed by atoms with Crippen LogP contribution in [0.15, 0.2) is 58.9 Å². The number of nitrogens with one attached hydrogen (secondary N) is 2. The van der Waals surface area contributed by atoms with Gasteiger partial charge in [0, 0.05) is 5.69 Å². The van der Waals surface area contributed by atoms with E-state index in [4.69, 9.17) is 0 Å². The average molecular weight is 388 g/mol. The summed E-state index contributed by atoms with van der Waals surface area (Å²) in [6.07, 6.45) is 0. The number of benzene rings is 2. The van der Waals surface area contributed by atoms with Crippen molar-refractivity contribution < 1.29 is 14.0 Å². The summed E-state index contributed by atoms with van der Waals surface area (Å²) in [5, 5.41) is 13.2. The van der Waals surface area contributed by atoms with Crippen molar-refractivity contribution in [1.82, 2.24) is 10.2 Å². The molecule has 0 spiro atoms. The Morgan fingerprint density at radius 1 is 1.00 bits per heavy atom. The molecule has 0 saturated carbocycles. The van der Waals surface area contributed by atoms with Gasteiger partial charge in [0.25, 0.3) is 5.91 Å². The molecule has 0 atom stereocenters. The minimum Gasteiger partial charge on any atom is -0.325 e.